The molecule has 1 aliphatic carbocycles. The minimum Gasteiger partial charge on any atom is -0.479 e. The summed E-state index contributed by atoms with van der Waals surface area (Å²) in [5.74, 6) is -1.03. The smallest absolute Gasteiger partial charge is 0.335 e. The number of carboxylic acid groups (broad SMARTS) is 1. The summed E-state index contributed by atoms with van der Waals surface area (Å²) in [6.07, 6.45) is 5.92. The number of unbranched alkanes of at least 4 members (excludes halogenated alkanes) is 3. The summed E-state index contributed by atoms with van der Waals surface area (Å²) in [4.78, 5) is 10.5. The molecule has 1 aliphatic rings. The van der Waals surface area contributed by atoms with Crippen molar-refractivity contribution in [2.24, 2.45) is 5.92 Å². The van der Waals surface area contributed by atoms with Gasteiger partial charge in [-0.1, -0.05) is 32.6 Å². The Morgan fingerprint density at radius 2 is 2.15 bits per heavy atom. The predicted octanol–water partition coefficient (Wildman–Crippen LogP) is 1.79. The van der Waals surface area contributed by atoms with Crippen LogP contribution in [0.5, 0.6) is 0 Å². The van der Waals surface area contributed by atoms with Gasteiger partial charge < -0.3 is 10.2 Å². The first-order valence-electron chi connectivity index (χ1n) is 5.07. The fraction of sp³-hybridized carbons (Fsp3) is 0.900. The summed E-state index contributed by atoms with van der Waals surface area (Å²) >= 11 is 0. The van der Waals surface area contributed by atoms with Crippen molar-refractivity contribution in [3.05, 3.63) is 0 Å². The van der Waals surface area contributed by atoms with Gasteiger partial charge in [0.05, 0.1) is 0 Å². The second-order valence-electron chi connectivity index (χ2n) is 3.98. The second-order valence-corrected chi connectivity index (χ2v) is 3.98. The van der Waals surface area contributed by atoms with Crippen LogP contribution in [-0.4, -0.2) is 21.8 Å². The molecule has 0 aromatic heterocycles. The van der Waals surface area contributed by atoms with E-state index in [2.05, 4.69) is 6.92 Å². The molecule has 0 amide bonds. The fourth-order valence-electron chi connectivity index (χ4n) is 1.74. The van der Waals surface area contributed by atoms with Gasteiger partial charge in [0.25, 0.3) is 0 Å². The molecule has 13 heavy (non-hydrogen) atoms. The molecule has 0 saturated heterocycles. The Balaban J connectivity index is 2.10. The van der Waals surface area contributed by atoms with Gasteiger partial charge in [0.2, 0.25) is 0 Å². The van der Waals surface area contributed by atoms with Crippen molar-refractivity contribution in [1.29, 1.82) is 0 Å². The van der Waals surface area contributed by atoms with Crippen LogP contribution in [-0.2, 0) is 4.79 Å². The summed E-state index contributed by atoms with van der Waals surface area (Å²) in [5, 5.41) is 18.1. The van der Waals surface area contributed by atoms with Crippen molar-refractivity contribution in [3.63, 3.8) is 0 Å². The number of hydrogen-bond donors (Lipinski definition) is 2. The van der Waals surface area contributed by atoms with Gasteiger partial charge in [0, 0.05) is 5.92 Å². The molecule has 3 nitrogen and oxygen atoms in total. The molecule has 2 N–H and O–H groups in total. The van der Waals surface area contributed by atoms with E-state index >= 15 is 0 Å². The Labute approximate surface area is 78.8 Å². The maximum atomic E-state index is 10.5. The first-order chi connectivity index (χ1) is 6.11. The molecule has 1 saturated carbocycles. The highest BCUT2D eigenvalue weighted by Gasteiger charge is 2.58. The van der Waals surface area contributed by atoms with Gasteiger partial charge in [-0.15, -0.1) is 0 Å². The zero-order valence-electron chi connectivity index (χ0n) is 8.12. The summed E-state index contributed by atoms with van der Waals surface area (Å²) in [6.45, 7) is 2.14. The fourth-order valence-corrected chi connectivity index (χ4v) is 1.74. The average molecular weight is 186 g/mol. The predicted molar refractivity (Wildman–Crippen MR) is 49.5 cm³/mol. The van der Waals surface area contributed by atoms with E-state index in [1.54, 1.807) is 0 Å². The third kappa shape index (κ3) is 2.44. The van der Waals surface area contributed by atoms with Gasteiger partial charge in [-0.25, -0.2) is 4.79 Å². The Morgan fingerprint density at radius 1 is 1.46 bits per heavy atom. The Kier molecular flexibility index (Phi) is 3.31. The van der Waals surface area contributed by atoms with Crippen LogP contribution < -0.4 is 0 Å². The zero-order valence-corrected chi connectivity index (χ0v) is 8.12. The van der Waals surface area contributed by atoms with Gasteiger partial charge in [-0.2, -0.15) is 0 Å². The Hall–Kier alpha value is -0.570. The van der Waals surface area contributed by atoms with Gasteiger partial charge >= 0.3 is 5.97 Å². The minimum absolute atomic E-state index is 0.0156. The van der Waals surface area contributed by atoms with Crippen molar-refractivity contribution < 1.29 is 15.0 Å². The molecule has 1 rings (SSSR count). The standard InChI is InChI=1S/C10H18O3/c1-2-3-4-5-6-8-7-10(8,13)9(11)12/h8,13H,2-7H2,1H3,(H,11,12). The highest BCUT2D eigenvalue weighted by Crippen LogP contribution is 2.46. The molecule has 0 bridgehead atoms. The van der Waals surface area contributed by atoms with E-state index < -0.39 is 11.6 Å². The largest absolute Gasteiger partial charge is 0.479 e. The molecule has 1 fully saturated rings. The van der Waals surface area contributed by atoms with Crippen LogP contribution in [0, 0.1) is 5.92 Å². The van der Waals surface area contributed by atoms with E-state index in [1.165, 1.54) is 12.8 Å². The molecule has 0 spiro atoms. The monoisotopic (exact) mass is 186 g/mol. The maximum absolute atomic E-state index is 10.5. The van der Waals surface area contributed by atoms with Crippen LogP contribution in [0.2, 0.25) is 0 Å². The normalized spacial score (nSPS) is 31.7. The minimum atomic E-state index is -1.37. The van der Waals surface area contributed by atoms with E-state index in [0.29, 0.717) is 6.42 Å². The van der Waals surface area contributed by atoms with E-state index in [9.17, 15) is 9.90 Å². The lowest BCUT2D eigenvalue weighted by Crippen LogP contribution is -2.23. The summed E-state index contributed by atoms with van der Waals surface area (Å²) < 4.78 is 0. The Morgan fingerprint density at radius 3 is 2.62 bits per heavy atom. The average Bonchev–Trinajstić information content (AvgIpc) is 2.73. The molecule has 3 heteroatoms. The van der Waals surface area contributed by atoms with E-state index in [4.69, 9.17) is 5.11 Å². The molecular formula is C10H18O3. The third-order valence-corrected chi connectivity index (χ3v) is 2.85. The van der Waals surface area contributed by atoms with Crippen LogP contribution in [0.1, 0.15) is 45.4 Å². The summed E-state index contributed by atoms with van der Waals surface area (Å²) in [6, 6.07) is 0. The first-order valence-corrected chi connectivity index (χ1v) is 5.07. The summed E-state index contributed by atoms with van der Waals surface area (Å²) in [7, 11) is 0. The highest BCUT2D eigenvalue weighted by atomic mass is 16.4. The molecule has 76 valence electrons. The number of carboxylic acids is 1. The number of carbonyl (C=O) groups is 1. The first kappa shape index (κ1) is 10.5. The molecule has 2 unspecified atom stereocenters. The van der Waals surface area contributed by atoms with Gasteiger partial charge in [-0.05, 0) is 12.8 Å². The van der Waals surface area contributed by atoms with Crippen LogP contribution >= 0.6 is 0 Å². The lowest BCUT2D eigenvalue weighted by Gasteiger charge is -2.03. The van der Waals surface area contributed by atoms with Gasteiger partial charge in [-0.3, -0.25) is 0 Å². The molecule has 0 radical (unpaired) electrons. The number of aliphatic carboxylic acids is 1. The van der Waals surface area contributed by atoms with Crippen LogP contribution in [0.4, 0.5) is 0 Å². The number of aliphatic hydroxyl groups is 1. The van der Waals surface area contributed by atoms with Crippen molar-refractivity contribution in [2.45, 2.75) is 51.0 Å². The van der Waals surface area contributed by atoms with Crippen molar-refractivity contribution in [2.75, 3.05) is 0 Å². The maximum Gasteiger partial charge on any atom is 0.335 e. The van der Waals surface area contributed by atoms with Crippen molar-refractivity contribution in [3.8, 4) is 0 Å². The SMILES string of the molecule is CCCCCCC1CC1(O)C(=O)O. The van der Waals surface area contributed by atoms with Crippen molar-refractivity contribution in [1.82, 2.24) is 0 Å². The summed E-state index contributed by atoms with van der Waals surface area (Å²) in [5.41, 5.74) is -1.37. The van der Waals surface area contributed by atoms with E-state index in [0.717, 1.165) is 19.3 Å². The van der Waals surface area contributed by atoms with Crippen LogP contribution in [0.25, 0.3) is 0 Å². The second kappa shape index (κ2) is 4.09. The van der Waals surface area contributed by atoms with Crippen LogP contribution in [0.3, 0.4) is 0 Å². The highest BCUT2D eigenvalue weighted by molar-refractivity contribution is 5.81. The third-order valence-electron chi connectivity index (χ3n) is 2.85. The molecule has 0 heterocycles. The molecule has 2 atom stereocenters. The van der Waals surface area contributed by atoms with E-state index in [-0.39, 0.29) is 5.92 Å². The molecule has 0 aliphatic heterocycles. The number of rotatable bonds is 6. The van der Waals surface area contributed by atoms with Gasteiger partial charge in [0.15, 0.2) is 5.60 Å². The number of hydrogen-bond acceptors (Lipinski definition) is 2. The lowest BCUT2D eigenvalue weighted by molar-refractivity contribution is -0.150. The lowest BCUT2D eigenvalue weighted by atomic mass is 10.1. The topological polar surface area (TPSA) is 57.5 Å². The van der Waals surface area contributed by atoms with Crippen molar-refractivity contribution >= 4 is 5.97 Å². The van der Waals surface area contributed by atoms with Crippen LogP contribution in [0.15, 0.2) is 0 Å². The van der Waals surface area contributed by atoms with Gasteiger partial charge in [0.1, 0.15) is 0 Å². The quantitative estimate of drug-likeness (QED) is 0.622. The molecule has 0 aromatic carbocycles. The molecular weight excluding hydrogens is 168 g/mol. The Bertz CT molecular complexity index is 191. The molecule has 0 aromatic rings. The zero-order chi connectivity index (χ0) is 9.90. The van der Waals surface area contributed by atoms with E-state index in [1.807, 2.05) is 0 Å².